The normalized spacial score (nSPS) is 9.82. The van der Waals surface area contributed by atoms with Crippen LogP contribution in [0.25, 0.3) is 0 Å². The predicted molar refractivity (Wildman–Crippen MR) is 35.1 cm³/mol. The molecule has 0 aliphatic heterocycles. The number of tetrazole rings is 1. The predicted octanol–water partition coefficient (Wildman–Crippen LogP) is -1.26. The van der Waals surface area contributed by atoms with Crippen LogP contribution < -0.4 is 5.73 Å². The highest BCUT2D eigenvalue weighted by Gasteiger charge is 1.96. The maximum Gasteiger partial charge on any atom is 0.221 e. The summed E-state index contributed by atoms with van der Waals surface area (Å²) in [4.78, 5) is 10.3. The lowest BCUT2D eigenvalue weighted by atomic mass is 10.3. The van der Waals surface area contributed by atoms with Crippen LogP contribution in [0.1, 0.15) is 12.8 Å². The molecule has 0 bridgehead atoms. The van der Waals surface area contributed by atoms with Crippen LogP contribution in [-0.4, -0.2) is 26.1 Å². The van der Waals surface area contributed by atoms with E-state index in [4.69, 9.17) is 5.73 Å². The molecular weight excluding hydrogens is 146 g/mol. The van der Waals surface area contributed by atoms with E-state index in [9.17, 15) is 4.79 Å². The average Bonchev–Trinajstić information content (AvgIpc) is 2.39. The Morgan fingerprint density at radius 2 is 2.45 bits per heavy atom. The molecule has 0 aliphatic rings. The number of aromatic nitrogens is 4. The molecule has 0 saturated heterocycles. The van der Waals surface area contributed by atoms with E-state index in [1.54, 1.807) is 0 Å². The first-order valence-corrected chi connectivity index (χ1v) is 3.21. The van der Waals surface area contributed by atoms with Gasteiger partial charge in [0.25, 0.3) is 0 Å². The van der Waals surface area contributed by atoms with Gasteiger partial charge in [0, 0.05) is 13.0 Å². The van der Waals surface area contributed by atoms with E-state index in [-0.39, 0.29) is 5.91 Å². The van der Waals surface area contributed by atoms with Crippen molar-refractivity contribution in [1.82, 2.24) is 20.2 Å². The van der Waals surface area contributed by atoms with E-state index in [2.05, 4.69) is 21.9 Å². The second kappa shape index (κ2) is 3.65. The molecule has 59 valence electrons. The first-order chi connectivity index (χ1) is 5.29. The van der Waals surface area contributed by atoms with Crippen LogP contribution in [0.5, 0.6) is 0 Å². The molecule has 2 N–H and O–H groups in total. The lowest BCUT2D eigenvalue weighted by Gasteiger charge is -1.94. The Labute approximate surface area is 63.4 Å². The van der Waals surface area contributed by atoms with Crippen LogP contribution in [0.15, 0.2) is 0 Å². The van der Waals surface area contributed by atoms with Crippen LogP contribution in [0, 0.1) is 6.33 Å². The van der Waals surface area contributed by atoms with Gasteiger partial charge in [-0.05, 0) is 16.8 Å². The Hall–Kier alpha value is -1.46. The van der Waals surface area contributed by atoms with Gasteiger partial charge in [-0.15, -0.1) is 5.10 Å². The van der Waals surface area contributed by atoms with Crippen LogP contribution in [-0.2, 0) is 11.3 Å². The van der Waals surface area contributed by atoms with Gasteiger partial charge in [-0.25, -0.2) is 4.68 Å². The number of primary amides is 1. The molecule has 11 heavy (non-hydrogen) atoms. The van der Waals surface area contributed by atoms with Crippen LogP contribution >= 0.6 is 0 Å². The lowest BCUT2D eigenvalue weighted by Crippen LogP contribution is -2.11. The number of carbonyl (C=O) groups is 1. The summed E-state index contributed by atoms with van der Waals surface area (Å²) >= 11 is 0. The van der Waals surface area contributed by atoms with Gasteiger partial charge in [0.15, 0.2) is 0 Å². The molecule has 0 spiro atoms. The van der Waals surface area contributed by atoms with Crippen molar-refractivity contribution in [3.63, 3.8) is 0 Å². The second-order valence-corrected chi connectivity index (χ2v) is 2.07. The highest BCUT2D eigenvalue weighted by Crippen LogP contribution is 1.89. The molecule has 0 unspecified atom stereocenters. The first kappa shape index (κ1) is 7.64. The summed E-state index contributed by atoms with van der Waals surface area (Å²) in [5, 5.41) is 10.3. The van der Waals surface area contributed by atoms with Crippen molar-refractivity contribution in [2.24, 2.45) is 5.73 Å². The highest BCUT2D eigenvalue weighted by molar-refractivity contribution is 5.73. The highest BCUT2D eigenvalue weighted by atomic mass is 16.1. The zero-order chi connectivity index (χ0) is 8.10. The van der Waals surface area contributed by atoms with Crippen LogP contribution in [0.3, 0.4) is 0 Å². The molecule has 1 aromatic heterocycles. The third kappa shape index (κ3) is 2.74. The molecule has 0 atom stereocenters. The van der Waals surface area contributed by atoms with Crippen molar-refractivity contribution < 1.29 is 4.79 Å². The number of hydrogen-bond acceptors (Lipinski definition) is 4. The molecule has 1 heterocycles. The lowest BCUT2D eigenvalue weighted by molar-refractivity contribution is -0.118. The van der Waals surface area contributed by atoms with E-state index in [1.807, 2.05) is 0 Å². The monoisotopic (exact) mass is 154 g/mol. The van der Waals surface area contributed by atoms with Gasteiger partial charge in [-0.1, -0.05) is 0 Å². The molecular formula is C5H8N5O. The van der Waals surface area contributed by atoms with Crippen molar-refractivity contribution in [3.05, 3.63) is 6.33 Å². The Kier molecular flexibility index (Phi) is 2.53. The summed E-state index contributed by atoms with van der Waals surface area (Å²) in [7, 11) is 0. The number of hydrogen-bond donors (Lipinski definition) is 1. The van der Waals surface area contributed by atoms with Gasteiger partial charge >= 0.3 is 0 Å². The first-order valence-electron chi connectivity index (χ1n) is 3.21. The largest absolute Gasteiger partial charge is 0.370 e. The Balaban J connectivity index is 2.19. The zero-order valence-corrected chi connectivity index (χ0v) is 5.90. The smallest absolute Gasteiger partial charge is 0.221 e. The third-order valence-corrected chi connectivity index (χ3v) is 1.15. The zero-order valence-electron chi connectivity index (χ0n) is 5.90. The molecule has 0 fully saturated rings. The molecule has 0 saturated carbocycles. The van der Waals surface area contributed by atoms with Crippen molar-refractivity contribution in [1.29, 1.82) is 0 Å². The van der Waals surface area contributed by atoms with E-state index in [0.29, 0.717) is 19.4 Å². The molecule has 6 heteroatoms. The summed E-state index contributed by atoms with van der Waals surface area (Å²) in [6.45, 7) is 0.579. The summed E-state index contributed by atoms with van der Waals surface area (Å²) in [6.07, 6.45) is 3.51. The van der Waals surface area contributed by atoms with E-state index in [1.165, 1.54) is 4.68 Å². The molecule has 1 amide bonds. The Morgan fingerprint density at radius 1 is 1.64 bits per heavy atom. The number of aryl methyl sites for hydroxylation is 1. The van der Waals surface area contributed by atoms with E-state index >= 15 is 0 Å². The summed E-state index contributed by atoms with van der Waals surface area (Å²) < 4.78 is 1.43. The molecule has 6 nitrogen and oxygen atoms in total. The SMILES string of the molecule is NC(=O)CCCn1[c]nnn1. The van der Waals surface area contributed by atoms with Gasteiger partial charge in [0.05, 0.1) is 0 Å². The fourth-order valence-corrected chi connectivity index (χ4v) is 0.658. The Morgan fingerprint density at radius 3 is 3.00 bits per heavy atom. The maximum atomic E-state index is 10.3. The van der Waals surface area contributed by atoms with Gasteiger partial charge in [0.1, 0.15) is 0 Å². The standard InChI is InChI=1S/C5H8N5O/c6-5(11)2-1-3-10-4-7-8-9-10/h1-3H2,(H2,6,11). The quantitative estimate of drug-likeness (QED) is 0.586. The number of amides is 1. The molecule has 1 radical (unpaired) electrons. The van der Waals surface area contributed by atoms with Crippen molar-refractivity contribution in [2.75, 3.05) is 0 Å². The van der Waals surface area contributed by atoms with Gasteiger partial charge in [0.2, 0.25) is 12.2 Å². The molecule has 0 aliphatic carbocycles. The number of nitrogens with zero attached hydrogens (tertiary/aromatic N) is 4. The number of nitrogens with two attached hydrogens (primary N) is 1. The third-order valence-electron chi connectivity index (χ3n) is 1.15. The van der Waals surface area contributed by atoms with Crippen molar-refractivity contribution >= 4 is 5.91 Å². The molecule has 0 aromatic carbocycles. The molecule has 1 rings (SSSR count). The number of rotatable bonds is 4. The van der Waals surface area contributed by atoms with Crippen molar-refractivity contribution in [2.45, 2.75) is 19.4 Å². The fraction of sp³-hybridized carbons (Fsp3) is 0.600. The minimum absolute atomic E-state index is 0.307. The number of carbonyl (C=O) groups excluding carboxylic acids is 1. The van der Waals surface area contributed by atoms with Crippen molar-refractivity contribution in [3.8, 4) is 0 Å². The topological polar surface area (TPSA) is 86.7 Å². The Bertz CT molecular complexity index is 219. The average molecular weight is 154 g/mol. The molecule has 1 aromatic rings. The van der Waals surface area contributed by atoms with Crippen LogP contribution in [0.4, 0.5) is 0 Å². The van der Waals surface area contributed by atoms with E-state index in [0.717, 1.165) is 0 Å². The van der Waals surface area contributed by atoms with Gasteiger partial charge in [-0.2, -0.15) is 0 Å². The summed E-state index contributed by atoms with van der Waals surface area (Å²) in [5.74, 6) is -0.307. The van der Waals surface area contributed by atoms with Gasteiger partial charge < -0.3 is 5.73 Å². The minimum atomic E-state index is -0.307. The summed E-state index contributed by atoms with van der Waals surface area (Å²) in [5.41, 5.74) is 4.92. The van der Waals surface area contributed by atoms with Gasteiger partial charge in [-0.3, -0.25) is 4.79 Å². The maximum absolute atomic E-state index is 10.3. The fourth-order valence-electron chi connectivity index (χ4n) is 0.658. The minimum Gasteiger partial charge on any atom is -0.370 e. The summed E-state index contributed by atoms with van der Waals surface area (Å²) in [6, 6.07) is 0. The second-order valence-electron chi connectivity index (χ2n) is 2.07. The van der Waals surface area contributed by atoms with Crippen LogP contribution in [0.2, 0.25) is 0 Å². The van der Waals surface area contributed by atoms with E-state index < -0.39 is 0 Å².